The van der Waals surface area contributed by atoms with Gasteiger partial charge >= 0.3 is 0 Å². The van der Waals surface area contributed by atoms with E-state index >= 15 is 0 Å². The normalized spacial score (nSPS) is 36.2. The summed E-state index contributed by atoms with van der Waals surface area (Å²) in [6, 6.07) is 1.73. The molecular formula is C11H25N. The van der Waals surface area contributed by atoms with Crippen molar-refractivity contribution >= 4 is 0 Å². The predicted molar refractivity (Wildman–Crippen MR) is 56.4 cm³/mol. The van der Waals surface area contributed by atoms with Crippen LogP contribution in [0.2, 0.25) is 0 Å². The third-order valence-corrected chi connectivity index (χ3v) is 2.39. The summed E-state index contributed by atoms with van der Waals surface area (Å²) in [5.74, 6) is 1.08. The lowest BCUT2D eigenvalue weighted by molar-refractivity contribution is 0.414. The summed E-state index contributed by atoms with van der Waals surface area (Å²) in [4.78, 5) is 0. The molecule has 12 heavy (non-hydrogen) atoms. The first kappa shape index (κ1) is 12.0. The minimum absolute atomic E-state index is 0.804. The van der Waals surface area contributed by atoms with Gasteiger partial charge in [0, 0.05) is 12.1 Å². The maximum Gasteiger partial charge on any atom is 0.0102 e. The Morgan fingerprint density at radius 3 is 2.00 bits per heavy atom. The number of fused-ring (bicyclic) bond motifs is 1. The molecule has 0 aromatic heterocycles. The van der Waals surface area contributed by atoms with E-state index in [2.05, 4.69) is 12.2 Å². The van der Waals surface area contributed by atoms with Crippen molar-refractivity contribution < 1.29 is 0 Å². The smallest absolute Gasteiger partial charge is 0.0102 e. The van der Waals surface area contributed by atoms with Crippen molar-refractivity contribution in [1.82, 2.24) is 5.32 Å². The Balaban J connectivity index is 0.000000269. The number of piperidine rings is 1. The Bertz CT molecular complexity index is 101. The second-order valence-corrected chi connectivity index (χ2v) is 3.25. The summed E-state index contributed by atoms with van der Waals surface area (Å²) in [5, 5.41) is 3.55. The lowest BCUT2D eigenvalue weighted by Gasteiger charge is -2.17. The molecule has 1 saturated carbocycles. The Kier molecular flexibility index (Phi) is 6.45. The van der Waals surface area contributed by atoms with Crippen LogP contribution in [0.3, 0.4) is 0 Å². The molecule has 1 N–H and O–H groups in total. The first-order valence-electron chi connectivity index (χ1n) is 5.62. The summed E-state index contributed by atoms with van der Waals surface area (Å²) < 4.78 is 0. The molecule has 1 heterocycles. The van der Waals surface area contributed by atoms with Gasteiger partial charge in [-0.1, -0.05) is 27.7 Å². The molecule has 74 valence electrons. The van der Waals surface area contributed by atoms with Crippen LogP contribution in [0, 0.1) is 5.92 Å². The molecule has 1 saturated heterocycles. The fourth-order valence-electron chi connectivity index (χ4n) is 1.68. The van der Waals surface area contributed by atoms with Gasteiger partial charge in [0.2, 0.25) is 0 Å². The molecule has 0 aromatic carbocycles. The molecule has 1 aliphatic heterocycles. The third-order valence-electron chi connectivity index (χ3n) is 2.39. The minimum Gasteiger partial charge on any atom is -0.311 e. The summed E-state index contributed by atoms with van der Waals surface area (Å²) in [6.45, 7) is 10.3. The van der Waals surface area contributed by atoms with Crippen molar-refractivity contribution in [3.05, 3.63) is 0 Å². The highest BCUT2D eigenvalue weighted by atomic mass is 15.0. The first-order chi connectivity index (χ1) is 5.86. The van der Waals surface area contributed by atoms with Crippen LogP contribution in [0.5, 0.6) is 0 Å². The number of hydrogen-bond donors (Lipinski definition) is 1. The van der Waals surface area contributed by atoms with E-state index in [0.717, 1.165) is 18.0 Å². The lowest BCUT2D eigenvalue weighted by atomic mass is 10.1. The predicted octanol–water partition coefficient (Wildman–Crippen LogP) is 3.20. The minimum atomic E-state index is 0.804. The Labute approximate surface area is 77.9 Å². The molecule has 0 aromatic rings. The van der Waals surface area contributed by atoms with E-state index in [1.54, 1.807) is 0 Å². The highest BCUT2D eigenvalue weighted by Gasteiger charge is 2.40. The zero-order chi connectivity index (χ0) is 9.56. The van der Waals surface area contributed by atoms with Crippen LogP contribution in [0.15, 0.2) is 0 Å². The lowest BCUT2D eigenvalue weighted by Crippen LogP contribution is -2.32. The second-order valence-electron chi connectivity index (χ2n) is 3.25. The summed E-state index contributed by atoms with van der Waals surface area (Å²) in [5.41, 5.74) is 0. The van der Waals surface area contributed by atoms with Crippen molar-refractivity contribution in [2.75, 3.05) is 0 Å². The number of rotatable bonds is 0. The van der Waals surface area contributed by atoms with Crippen LogP contribution in [-0.2, 0) is 0 Å². The fraction of sp³-hybridized carbons (Fsp3) is 1.00. The standard InChI is InChI=1S/C7H13N.2C2H6/c1-5-2-3-6-4-7(6)8-5;2*1-2/h5-8H,2-4H2,1H3;2*1-2H3. The maximum atomic E-state index is 3.55. The summed E-state index contributed by atoms with van der Waals surface area (Å²) >= 11 is 0. The molecule has 0 amide bonds. The molecule has 0 spiro atoms. The van der Waals surface area contributed by atoms with Crippen molar-refractivity contribution in [2.24, 2.45) is 5.92 Å². The van der Waals surface area contributed by atoms with Crippen LogP contribution in [0.25, 0.3) is 0 Å². The van der Waals surface area contributed by atoms with E-state index in [0.29, 0.717) is 0 Å². The molecule has 2 aliphatic rings. The molecule has 3 atom stereocenters. The number of hydrogen-bond acceptors (Lipinski definition) is 1. The van der Waals surface area contributed by atoms with Gasteiger partial charge in [0.25, 0.3) is 0 Å². The molecule has 2 rings (SSSR count). The molecule has 1 aliphatic carbocycles. The average molecular weight is 171 g/mol. The average Bonchev–Trinajstić information content (AvgIpc) is 2.89. The fourth-order valence-corrected chi connectivity index (χ4v) is 1.68. The van der Waals surface area contributed by atoms with Gasteiger partial charge in [-0.15, -0.1) is 0 Å². The summed E-state index contributed by atoms with van der Waals surface area (Å²) in [6.07, 6.45) is 4.35. The van der Waals surface area contributed by atoms with Gasteiger partial charge < -0.3 is 5.32 Å². The van der Waals surface area contributed by atoms with Gasteiger partial charge in [0.05, 0.1) is 0 Å². The molecule has 1 nitrogen and oxygen atoms in total. The van der Waals surface area contributed by atoms with Gasteiger partial charge in [-0.25, -0.2) is 0 Å². The molecule has 1 heteroatoms. The van der Waals surface area contributed by atoms with E-state index in [1.807, 2.05) is 27.7 Å². The van der Waals surface area contributed by atoms with Gasteiger partial charge in [-0.3, -0.25) is 0 Å². The molecule has 0 bridgehead atoms. The zero-order valence-electron chi connectivity index (χ0n) is 9.35. The maximum absolute atomic E-state index is 3.55. The topological polar surface area (TPSA) is 12.0 Å². The Morgan fingerprint density at radius 1 is 1.00 bits per heavy atom. The van der Waals surface area contributed by atoms with Gasteiger partial charge in [0.1, 0.15) is 0 Å². The molecule has 3 unspecified atom stereocenters. The van der Waals surface area contributed by atoms with E-state index in [9.17, 15) is 0 Å². The van der Waals surface area contributed by atoms with E-state index in [1.165, 1.54) is 19.3 Å². The quantitative estimate of drug-likeness (QED) is 0.590. The zero-order valence-corrected chi connectivity index (χ0v) is 9.35. The molecular weight excluding hydrogens is 146 g/mol. The van der Waals surface area contributed by atoms with Gasteiger partial charge in [0.15, 0.2) is 0 Å². The van der Waals surface area contributed by atoms with Crippen molar-refractivity contribution in [3.8, 4) is 0 Å². The van der Waals surface area contributed by atoms with Crippen molar-refractivity contribution in [2.45, 2.75) is 66.0 Å². The van der Waals surface area contributed by atoms with Crippen molar-refractivity contribution in [1.29, 1.82) is 0 Å². The van der Waals surface area contributed by atoms with E-state index < -0.39 is 0 Å². The van der Waals surface area contributed by atoms with Crippen LogP contribution in [0.4, 0.5) is 0 Å². The van der Waals surface area contributed by atoms with Crippen LogP contribution < -0.4 is 5.32 Å². The molecule has 2 fully saturated rings. The molecule has 0 radical (unpaired) electrons. The van der Waals surface area contributed by atoms with E-state index in [4.69, 9.17) is 0 Å². The van der Waals surface area contributed by atoms with E-state index in [-0.39, 0.29) is 0 Å². The van der Waals surface area contributed by atoms with Gasteiger partial charge in [-0.2, -0.15) is 0 Å². The Hall–Kier alpha value is -0.0400. The first-order valence-corrected chi connectivity index (χ1v) is 5.62. The van der Waals surface area contributed by atoms with Crippen LogP contribution in [-0.4, -0.2) is 12.1 Å². The SMILES string of the molecule is CC.CC.CC1CCC2CC2N1. The van der Waals surface area contributed by atoms with Gasteiger partial charge in [-0.05, 0) is 32.1 Å². The monoisotopic (exact) mass is 171 g/mol. The number of nitrogens with one attached hydrogen (secondary N) is 1. The van der Waals surface area contributed by atoms with Crippen LogP contribution >= 0.6 is 0 Å². The Morgan fingerprint density at radius 2 is 1.58 bits per heavy atom. The highest BCUT2D eigenvalue weighted by Crippen LogP contribution is 2.38. The highest BCUT2D eigenvalue weighted by molar-refractivity contribution is 4.98. The summed E-state index contributed by atoms with van der Waals surface area (Å²) in [7, 11) is 0. The van der Waals surface area contributed by atoms with Crippen LogP contribution in [0.1, 0.15) is 53.9 Å². The van der Waals surface area contributed by atoms with Crippen molar-refractivity contribution in [3.63, 3.8) is 0 Å². The second kappa shape index (κ2) is 6.47. The third kappa shape index (κ3) is 3.57. The largest absolute Gasteiger partial charge is 0.311 e.